The normalized spacial score (nSPS) is 14.4. The molecule has 19 heavy (non-hydrogen) atoms. The van der Waals surface area contributed by atoms with Gasteiger partial charge in [-0.25, -0.2) is 0 Å². The molecule has 1 aromatic heterocycles. The second-order valence-corrected chi connectivity index (χ2v) is 5.66. The average Bonchev–Trinajstić information content (AvgIpc) is 2.36. The van der Waals surface area contributed by atoms with Gasteiger partial charge >= 0.3 is 0 Å². The molecule has 5 heteroatoms. The Hall–Kier alpha value is -1.32. The Balaban J connectivity index is 2.46. The largest absolute Gasteiger partial charge is 0.384 e. The first-order chi connectivity index (χ1) is 9.08. The lowest BCUT2D eigenvalue weighted by molar-refractivity contribution is 0.670. The SMILES string of the molecule is N=C(N)c1c2c(nc3c(Cl)cc(Cl)cc13)CCCC2. The first kappa shape index (κ1) is 12.7. The number of nitrogens with two attached hydrogens (primary N) is 1. The third kappa shape index (κ3) is 2.07. The minimum Gasteiger partial charge on any atom is -0.384 e. The van der Waals surface area contributed by atoms with Crippen LogP contribution in [0.1, 0.15) is 29.7 Å². The van der Waals surface area contributed by atoms with Gasteiger partial charge < -0.3 is 5.73 Å². The van der Waals surface area contributed by atoms with Crippen LogP contribution in [0.25, 0.3) is 10.9 Å². The molecule has 2 aromatic rings. The van der Waals surface area contributed by atoms with Crippen molar-refractivity contribution < 1.29 is 0 Å². The molecule has 0 aliphatic heterocycles. The van der Waals surface area contributed by atoms with E-state index in [4.69, 9.17) is 34.3 Å². The molecule has 1 aliphatic rings. The molecule has 1 heterocycles. The molecule has 0 spiro atoms. The van der Waals surface area contributed by atoms with E-state index in [-0.39, 0.29) is 5.84 Å². The van der Waals surface area contributed by atoms with E-state index in [1.807, 2.05) is 0 Å². The van der Waals surface area contributed by atoms with Crippen LogP contribution in [0, 0.1) is 5.41 Å². The summed E-state index contributed by atoms with van der Waals surface area (Å²) in [5.41, 5.74) is 9.33. The van der Waals surface area contributed by atoms with Gasteiger partial charge in [0.2, 0.25) is 0 Å². The Kier molecular flexibility index (Phi) is 3.11. The molecule has 3 rings (SSSR count). The van der Waals surface area contributed by atoms with Gasteiger partial charge in [0, 0.05) is 21.7 Å². The van der Waals surface area contributed by atoms with E-state index in [9.17, 15) is 0 Å². The maximum Gasteiger partial charge on any atom is 0.123 e. The molecule has 0 atom stereocenters. The van der Waals surface area contributed by atoms with Crippen molar-refractivity contribution >= 4 is 39.9 Å². The molecule has 0 amide bonds. The molecule has 0 saturated carbocycles. The van der Waals surface area contributed by atoms with E-state index in [0.717, 1.165) is 47.9 Å². The van der Waals surface area contributed by atoms with Crippen LogP contribution in [0.3, 0.4) is 0 Å². The summed E-state index contributed by atoms with van der Waals surface area (Å²) < 4.78 is 0. The van der Waals surface area contributed by atoms with Gasteiger partial charge in [0.15, 0.2) is 0 Å². The number of amidine groups is 1. The lowest BCUT2D eigenvalue weighted by Gasteiger charge is -2.20. The van der Waals surface area contributed by atoms with Crippen molar-refractivity contribution in [3.8, 4) is 0 Å². The number of benzene rings is 1. The molecule has 0 unspecified atom stereocenters. The van der Waals surface area contributed by atoms with E-state index in [0.29, 0.717) is 15.6 Å². The van der Waals surface area contributed by atoms with E-state index < -0.39 is 0 Å². The highest BCUT2D eigenvalue weighted by atomic mass is 35.5. The fourth-order valence-corrected chi connectivity index (χ4v) is 3.29. The summed E-state index contributed by atoms with van der Waals surface area (Å²) >= 11 is 12.3. The van der Waals surface area contributed by atoms with Crippen molar-refractivity contribution in [2.24, 2.45) is 5.73 Å². The molecule has 98 valence electrons. The van der Waals surface area contributed by atoms with Gasteiger partial charge in [0.05, 0.1) is 10.5 Å². The second kappa shape index (κ2) is 4.66. The topological polar surface area (TPSA) is 62.8 Å². The number of aryl methyl sites for hydroxylation is 1. The smallest absolute Gasteiger partial charge is 0.123 e. The first-order valence-corrected chi connectivity index (χ1v) is 6.98. The van der Waals surface area contributed by atoms with Crippen LogP contribution in [-0.4, -0.2) is 10.8 Å². The number of pyridine rings is 1. The van der Waals surface area contributed by atoms with Crippen LogP contribution >= 0.6 is 23.2 Å². The van der Waals surface area contributed by atoms with E-state index in [1.165, 1.54) is 0 Å². The quantitative estimate of drug-likeness (QED) is 0.622. The number of fused-ring (bicyclic) bond motifs is 2. The van der Waals surface area contributed by atoms with Crippen LogP contribution in [0.4, 0.5) is 0 Å². The summed E-state index contributed by atoms with van der Waals surface area (Å²) in [5, 5.41) is 9.70. The molecule has 0 radical (unpaired) electrons. The van der Waals surface area contributed by atoms with Gasteiger partial charge in [-0.3, -0.25) is 10.4 Å². The maximum absolute atomic E-state index is 7.86. The van der Waals surface area contributed by atoms with Crippen LogP contribution < -0.4 is 5.73 Å². The maximum atomic E-state index is 7.86. The summed E-state index contributed by atoms with van der Waals surface area (Å²) in [7, 11) is 0. The predicted octanol–water partition coefficient (Wildman–Crippen LogP) is 3.70. The van der Waals surface area contributed by atoms with Crippen molar-refractivity contribution in [3.63, 3.8) is 0 Å². The van der Waals surface area contributed by atoms with Gasteiger partial charge in [-0.1, -0.05) is 23.2 Å². The summed E-state index contributed by atoms with van der Waals surface area (Å²) in [5.74, 6) is 0.0592. The Morgan fingerprint density at radius 1 is 1.21 bits per heavy atom. The molecule has 0 saturated heterocycles. The standard InChI is InChI=1S/C14H13Cl2N3/c15-7-5-9-12(14(17)18)8-3-1-2-4-11(8)19-13(9)10(16)6-7/h5-6H,1-4H2,(H3,17,18). The summed E-state index contributed by atoms with van der Waals surface area (Å²) in [6, 6.07) is 3.47. The molecular formula is C14H13Cl2N3. The van der Waals surface area contributed by atoms with Gasteiger partial charge in [0.1, 0.15) is 5.84 Å². The highest BCUT2D eigenvalue weighted by molar-refractivity contribution is 6.38. The minimum atomic E-state index is 0.0592. The second-order valence-electron chi connectivity index (χ2n) is 4.82. The Morgan fingerprint density at radius 2 is 1.95 bits per heavy atom. The van der Waals surface area contributed by atoms with Crippen LogP contribution in [0.2, 0.25) is 10.0 Å². The number of nitrogen functional groups attached to an aromatic ring is 1. The van der Waals surface area contributed by atoms with Gasteiger partial charge in [-0.15, -0.1) is 0 Å². The lowest BCUT2D eigenvalue weighted by Crippen LogP contribution is -2.19. The van der Waals surface area contributed by atoms with Crippen LogP contribution in [-0.2, 0) is 12.8 Å². The predicted molar refractivity (Wildman–Crippen MR) is 79.4 cm³/mol. The number of hydrogen-bond donors (Lipinski definition) is 2. The van der Waals surface area contributed by atoms with Crippen molar-refractivity contribution in [2.45, 2.75) is 25.7 Å². The molecule has 3 nitrogen and oxygen atoms in total. The monoisotopic (exact) mass is 293 g/mol. The van der Waals surface area contributed by atoms with Crippen LogP contribution in [0.5, 0.6) is 0 Å². The number of halogens is 2. The molecule has 0 fully saturated rings. The Morgan fingerprint density at radius 3 is 2.68 bits per heavy atom. The van der Waals surface area contributed by atoms with Crippen molar-refractivity contribution in [2.75, 3.05) is 0 Å². The minimum absolute atomic E-state index is 0.0592. The summed E-state index contributed by atoms with van der Waals surface area (Å²) in [4.78, 5) is 4.66. The Bertz CT molecular complexity index is 695. The number of nitrogens with zero attached hydrogens (tertiary/aromatic N) is 1. The number of nitrogens with one attached hydrogen (secondary N) is 1. The fraction of sp³-hybridized carbons (Fsp3) is 0.286. The highest BCUT2D eigenvalue weighted by Gasteiger charge is 2.21. The molecule has 1 aromatic carbocycles. The summed E-state index contributed by atoms with van der Waals surface area (Å²) in [6.07, 6.45) is 4.06. The van der Waals surface area contributed by atoms with Crippen molar-refractivity contribution in [1.82, 2.24) is 4.98 Å². The number of aromatic nitrogens is 1. The van der Waals surface area contributed by atoms with Gasteiger partial charge in [-0.05, 0) is 43.4 Å². The zero-order valence-electron chi connectivity index (χ0n) is 10.3. The van der Waals surface area contributed by atoms with E-state index in [2.05, 4.69) is 4.98 Å². The number of hydrogen-bond acceptors (Lipinski definition) is 2. The van der Waals surface area contributed by atoms with Crippen molar-refractivity contribution in [3.05, 3.63) is 39.0 Å². The van der Waals surface area contributed by atoms with Gasteiger partial charge in [0.25, 0.3) is 0 Å². The van der Waals surface area contributed by atoms with Crippen LogP contribution in [0.15, 0.2) is 12.1 Å². The first-order valence-electron chi connectivity index (χ1n) is 6.23. The third-order valence-corrected chi connectivity index (χ3v) is 4.06. The highest BCUT2D eigenvalue weighted by Crippen LogP contribution is 2.34. The third-order valence-electron chi connectivity index (χ3n) is 3.55. The van der Waals surface area contributed by atoms with Crippen molar-refractivity contribution in [1.29, 1.82) is 5.41 Å². The zero-order valence-corrected chi connectivity index (χ0v) is 11.8. The average molecular weight is 294 g/mol. The lowest BCUT2D eigenvalue weighted by atomic mass is 9.89. The van der Waals surface area contributed by atoms with E-state index in [1.54, 1.807) is 12.1 Å². The molecule has 1 aliphatic carbocycles. The summed E-state index contributed by atoms with van der Waals surface area (Å²) in [6.45, 7) is 0. The Labute approximate surface area is 121 Å². The van der Waals surface area contributed by atoms with Gasteiger partial charge in [-0.2, -0.15) is 0 Å². The molecular weight excluding hydrogens is 281 g/mol. The fourth-order valence-electron chi connectivity index (χ4n) is 2.76. The van der Waals surface area contributed by atoms with E-state index >= 15 is 0 Å². The molecule has 3 N–H and O–H groups in total. The number of rotatable bonds is 1. The molecule has 0 bridgehead atoms. The zero-order chi connectivity index (χ0) is 13.6.